The zero-order valence-electron chi connectivity index (χ0n) is 11.7. The molecule has 2 rings (SSSR count). The first kappa shape index (κ1) is 13.7. The van der Waals surface area contributed by atoms with Crippen LogP contribution in [0.1, 0.15) is 39.5 Å². The van der Waals surface area contributed by atoms with E-state index in [2.05, 4.69) is 42.9 Å². The Morgan fingerprint density at radius 1 is 1.24 bits per heavy atom. The highest BCUT2D eigenvalue weighted by Gasteiger charge is 2.37. The van der Waals surface area contributed by atoms with Crippen molar-refractivity contribution in [2.45, 2.75) is 44.3 Å². The highest BCUT2D eigenvalue weighted by molar-refractivity contribution is 8.00. The van der Waals surface area contributed by atoms with Gasteiger partial charge in [-0.15, -0.1) is 0 Å². The molecule has 0 unspecified atom stereocenters. The summed E-state index contributed by atoms with van der Waals surface area (Å²) in [5.41, 5.74) is 0.576. The maximum Gasteiger partial charge on any atom is 0.0231 e. The smallest absolute Gasteiger partial charge is 0.0231 e. The standard InChI is InChI=1S/C14H28N2S/c1-13(2)11-16(8-9-17-13)12-14(10-15-3)6-4-5-7-14/h15H,4-12H2,1-3H3. The molecule has 2 aliphatic rings. The van der Waals surface area contributed by atoms with Gasteiger partial charge >= 0.3 is 0 Å². The Bertz CT molecular complexity index is 247. The fourth-order valence-electron chi connectivity index (χ4n) is 3.61. The lowest BCUT2D eigenvalue weighted by Crippen LogP contribution is -2.49. The molecule has 100 valence electrons. The summed E-state index contributed by atoms with van der Waals surface area (Å²) in [7, 11) is 2.11. The Labute approximate surface area is 111 Å². The van der Waals surface area contributed by atoms with Crippen LogP contribution in [-0.4, -0.2) is 48.6 Å². The lowest BCUT2D eigenvalue weighted by atomic mass is 9.85. The first-order valence-corrected chi connectivity index (χ1v) is 8.05. The van der Waals surface area contributed by atoms with Gasteiger partial charge in [-0.25, -0.2) is 0 Å². The Morgan fingerprint density at radius 3 is 2.53 bits per heavy atom. The SMILES string of the molecule is CNCC1(CN2CCSC(C)(C)C2)CCCC1. The quantitative estimate of drug-likeness (QED) is 0.832. The molecule has 0 aromatic heterocycles. The van der Waals surface area contributed by atoms with Gasteiger partial charge in [-0.1, -0.05) is 12.8 Å². The fraction of sp³-hybridized carbons (Fsp3) is 1.00. The molecule has 0 bridgehead atoms. The molecule has 1 aliphatic heterocycles. The second-order valence-electron chi connectivity index (χ2n) is 6.56. The number of nitrogens with one attached hydrogen (secondary N) is 1. The van der Waals surface area contributed by atoms with E-state index in [-0.39, 0.29) is 0 Å². The Hall–Kier alpha value is 0.270. The third-order valence-corrected chi connectivity index (χ3v) is 5.58. The van der Waals surface area contributed by atoms with Gasteiger partial charge in [0.1, 0.15) is 0 Å². The van der Waals surface area contributed by atoms with Crippen molar-refractivity contribution < 1.29 is 0 Å². The van der Waals surface area contributed by atoms with Gasteiger partial charge in [-0.2, -0.15) is 11.8 Å². The second-order valence-corrected chi connectivity index (χ2v) is 8.36. The van der Waals surface area contributed by atoms with Crippen LogP contribution in [-0.2, 0) is 0 Å². The van der Waals surface area contributed by atoms with E-state index < -0.39 is 0 Å². The Kier molecular flexibility index (Phi) is 4.43. The molecule has 0 aromatic carbocycles. The van der Waals surface area contributed by atoms with Crippen molar-refractivity contribution in [3.63, 3.8) is 0 Å². The normalized spacial score (nSPS) is 28.4. The highest BCUT2D eigenvalue weighted by Crippen LogP contribution is 2.40. The molecule has 0 amide bonds. The minimum atomic E-state index is 0.456. The van der Waals surface area contributed by atoms with Gasteiger partial charge in [0.05, 0.1) is 0 Å². The zero-order chi connectivity index (χ0) is 12.4. The third kappa shape index (κ3) is 3.62. The highest BCUT2D eigenvalue weighted by atomic mass is 32.2. The van der Waals surface area contributed by atoms with Crippen molar-refractivity contribution in [1.29, 1.82) is 0 Å². The second kappa shape index (κ2) is 5.50. The van der Waals surface area contributed by atoms with Crippen LogP contribution in [0.15, 0.2) is 0 Å². The number of thioether (sulfide) groups is 1. The van der Waals surface area contributed by atoms with Crippen molar-refractivity contribution in [2.24, 2.45) is 5.41 Å². The molecule has 0 spiro atoms. The van der Waals surface area contributed by atoms with Crippen LogP contribution in [0, 0.1) is 5.41 Å². The van der Waals surface area contributed by atoms with Crippen molar-refractivity contribution in [1.82, 2.24) is 10.2 Å². The average Bonchev–Trinajstić information content (AvgIpc) is 2.65. The minimum absolute atomic E-state index is 0.456. The summed E-state index contributed by atoms with van der Waals surface area (Å²) >= 11 is 2.14. The van der Waals surface area contributed by atoms with Crippen LogP contribution in [0.5, 0.6) is 0 Å². The van der Waals surface area contributed by atoms with Crippen LogP contribution >= 0.6 is 11.8 Å². The Morgan fingerprint density at radius 2 is 1.94 bits per heavy atom. The van der Waals surface area contributed by atoms with Gasteiger partial charge in [-0.05, 0) is 39.2 Å². The van der Waals surface area contributed by atoms with E-state index in [0.29, 0.717) is 10.2 Å². The summed E-state index contributed by atoms with van der Waals surface area (Å²) in [5.74, 6) is 1.31. The zero-order valence-corrected chi connectivity index (χ0v) is 12.5. The number of hydrogen-bond donors (Lipinski definition) is 1. The fourth-order valence-corrected chi connectivity index (χ4v) is 4.79. The molecular weight excluding hydrogens is 228 g/mol. The lowest BCUT2D eigenvalue weighted by Gasteiger charge is -2.42. The van der Waals surface area contributed by atoms with Gasteiger partial charge in [0.2, 0.25) is 0 Å². The predicted octanol–water partition coefficient (Wildman–Crippen LogP) is 2.59. The van der Waals surface area contributed by atoms with E-state index in [1.165, 1.54) is 57.6 Å². The number of nitrogens with zero attached hydrogens (tertiary/aromatic N) is 1. The summed E-state index contributed by atoms with van der Waals surface area (Å²) < 4.78 is 0.456. The van der Waals surface area contributed by atoms with Crippen molar-refractivity contribution >= 4 is 11.8 Å². The van der Waals surface area contributed by atoms with E-state index in [1.807, 2.05) is 0 Å². The Balaban J connectivity index is 1.93. The number of hydrogen-bond acceptors (Lipinski definition) is 3. The maximum atomic E-state index is 3.43. The van der Waals surface area contributed by atoms with Gasteiger partial charge < -0.3 is 10.2 Å². The van der Waals surface area contributed by atoms with Crippen LogP contribution < -0.4 is 5.32 Å². The van der Waals surface area contributed by atoms with Crippen molar-refractivity contribution in [2.75, 3.05) is 39.0 Å². The summed E-state index contributed by atoms with van der Waals surface area (Å²) in [6.45, 7) is 9.87. The summed E-state index contributed by atoms with van der Waals surface area (Å²) in [4.78, 5) is 2.72. The van der Waals surface area contributed by atoms with E-state index >= 15 is 0 Å². The van der Waals surface area contributed by atoms with Gasteiger partial charge in [0.15, 0.2) is 0 Å². The topological polar surface area (TPSA) is 15.3 Å². The van der Waals surface area contributed by atoms with Gasteiger partial charge in [0.25, 0.3) is 0 Å². The first-order valence-electron chi connectivity index (χ1n) is 7.06. The molecule has 1 N–H and O–H groups in total. The summed E-state index contributed by atoms with van der Waals surface area (Å²) in [6.07, 6.45) is 5.73. The monoisotopic (exact) mass is 256 g/mol. The molecule has 2 fully saturated rings. The van der Waals surface area contributed by atoms with E-state index in [1.54, 1.807) is 0 Å². The van der Waals surface area contributed by atoms with Gasteiger partial charge in [-0.3, -0.25) is 0 Å². The molecule has 1 aliphatic carbocycles. The average molecular weight is 256 g/mol. The maximum absolute atomic E-state index is 3.43. The van der Waals surface area contributed by atoms with E-state index in [0.717, 1.165) is 0 Å². The predicted molar refractivity (Wildman–Crippen MR) is 77.8 cm³/mol. The van der Waals surface area contributed by atoms with Crippen LogP contribution in [0.25, 0.3) is 0 Å². The summed E-state index contributed by atoms with van der Waals surface area (Å²) in [5, 5.41) is 3.43. The van der Waals surface area contributed by atoms with Crippen LogP contribution in [0.4, 0.5) is 0 Å². The van der Waals surface area contributed by atoms with Crippen molar-refractivity contribution in [3.05, 3.63) is 0 Å². The van der Waals surface area contributed by atoms with Crippen LogP contribution in [0.3, 0.4) is 0 Å². The molecular formula is C14H28N2S. The molecule has 17 heavy (non-hydrogen) atoms. The molecule has 0 atom stereocenters. The third-order valence-electron chi connectivity index (χ3n) is 4.28. The number of rotatable bonds is 4. The lowest BCUT2D eigenvalue weighted by molar-refractivity contribution is 0.145. The summed E-state index contributed by atoms with van der Waals surface area (Å²) in [6, 6.07) is 0. The minimum Gasteiger partial charge on any atom is -0.319 e. The first-order chi connectivity index (χ1) is 8.05. The van der Waals surface area contributed by atoms with Crippen molar-refractivity contribution in [3.8, 4) is 0 Å². The molecule has 0 radical (unpaired) electrons. The van der Waals surface area contributed by atoms with E-state index in [4.69, 9.17) is 0 Å². The molecule has 1 saturated heterocycles. The molecule has 1 saturated carbocycles. The molecule has 2 nitrogen and oxygen atoms in total. The largest absolute Gasteiger partial charge is 0.319 e. The van der Waals surface area contributed by atoms with Crippen LogP contribution in [0.2, 0.25) is 0 Å². The van der Waals surface area contributed by atoms with Gasteiger partial charge in [0, 0.05) is 36.7 Å². The molecule has 0 aromatic rings. The molecule has 3 heteroatoms. The molecule has 1 heterocycles. The van der Waals surface area contributed by atoms with E-state index in [9.17, 15) is 0 Å².